The molecule has 1 N–H and O–H groups in total. The first-order valence-electron chi connectivity index (χ1n) is 5.03. The molecule has 0 radical (unpaired) electrons. The standard InChI is InChI=1S/C13H13NO2/c1-16-12-6-7-14-13(8-12)11-4-2-10(9-15)3-5-11/h2-8,15H,9H2,1H3. The summed E-state index contributed by atoms with van der Waals surface area (Å²) in [4.78, 5) is 4.27. The van der Waals surface area contributed by atoms with E-state index in [0.717, 1.165) is 22.6 Å². The maximum absolute atomic E-state index is 8.95. The molecule has 0 aliphatic rings. The Morgan fingerprint density at radius 2 is 1.94 bits per heavy atom. The van der Waals surface area contributed by atoms with Gasteiger partial charge in [0.25, 0.3) is 0 Å². The summed E-state index contributed by atoms with van der Waals surface area (Å²) in [6, 6.07) is 11.3. The van der Waals surface area contributed by atoms with E-state index in [2.05, 4.69) is 4.98 Å². The molecular formula is C13H13NO2. The van der Waals surface area contributed by atoms with Gasteiger partial charge in [-0.3, -0.25) is 4.98 Å². The molecule has 16 heavy (non-hydrogen) atoms. The van der Waals surface area contributed by atoms with Crippen molar-refractivity contribution in [2.24, 2.45) is 0 Å². The molecule has 0 spiro atoms. The molecule has 0 fully saturated rings. The van der Waals surface area contributed by atoms with E-state index in [1.807, 2.05) is 36.4 Å². The third kappa shape index (κ3) is 2.20. The van der Waals surface area contributed by atoms with Crippen LogP contribution in [0.4, 0.5) is 0 Å². The number of rotatable bonds is 3. The number of hydrogen-bond donors (Lipinski definition) is 1. The van der Waals surface area contributed by atoms with Crippen molar-refractivity contribution >= 4 is 0 Å². The molecule has 0 aliphatic heterocycles. The molecule has 1 aromatic heterocycles. The van der Waals surface area contributed by atoms with Gasteiger partial charge in [-0.25, -0.2) is 0 Å². The van der Waals surface area contributed by atoms with Crippen LogP contribution in [0.1, 0.15) is 5.56 Å². The van der Waals surface area contributed by atoms with Gasteiger partial charge in [0.2, 0.25) is 0 Å². The highest BCUT2D eigenvalue weighted by molar-refractivity contribution is 5.60. The van der Waals surface area contributed by atoms with Crippen LogP contribution in [0, 0.1) is 0 Å². The average Bonchev–Trinajstić information content (AvgIpc) is 2.39. The average molecular weight is 215 g/mol. The molecule has 0 saturated heterocycles. The zero-order valence-electron chi connectivity index (χ0n) is 9.05. The number of hydrogen-bond acceptors (Lipinski definition) is 3. The van der Waals surface area contributed by atoms with Crippen molar-refractivity contribution in [3.8, 4) is 17.0 Å². The second-order valence-electron chi connectivity index (χ2n) is 3.44. The highest BCUT2D eigenvalue weighted by Crippen LogP contribution is 2.21. The molecular weight excluding hydrogens is 202 g/mol. The minimum Gasteiger partial charge on any atom is -0.497 e. The zero-order chi connectivity index (χ0) is 11.4. The zero-order valence-corrected chi connectivity index (χ0v) is 9.05. The largest absolute Gasteiger partial charge is 0.497 e. The van der Waals surface area contributed by atoms with Crippen LogP contribution in [0.2, 0.25) is 0 Å². The van der Waals surface area contributed by atoms with Gasteiger partial charge in [0, 0.05) is 17.8 Å². The summed E-state index contributed by atoms with van der Waals surface area (Å²) >= 11 is 0. The van der Waals surface area contributed by atoms with Gasteiger partial charge in [-0.15, -0.1) is 0 Å². The Bertz CT molecular complexity index is 466. The van der Waals surface area contributed by atoms with Gasteiger partial charge in [0.1, 0.15) is 5.75 Å². The third-order valence-electron chi connectivity index (χ3n) is 2.40. The maximum Gasteiger partial charge on any atom is 0.122 e. The summed E-state index contributed by atoms with van der Waals surface area (Å²) in [6.45, 7) is 0.0613. The van der Waals surface area contributed by atoms with Gasteiger partial charge in [-0.1, -0.05) is 24.3 Å². The molecule has 2 aromatic rings. The minimum atomic E-state index is 0.0613. The Kier molecular flexibility index (Phi) is 3.17. The lowest BCUT2D eigenvalue weighted by Gasteiger charge is -2.04. The number of nitrogens with zero attached hydrogens (tertiary/aromatic N) is 1. The van der Waals surface area contributed by atoms with Gasteiger partial charge in [-0.2, -0.15) is 0 Å². The third-order valence-corrected chi connectivity index (χ3v) is 2.40. The molecule has 0 saturated carbocycles. The van der Waals surface area contributed by atoms with Crippen molar-refractivity contribution in [1.29, 1.82) is 0 Å². The van der Waals surface area contributed by atoms with Crippen LogP contribution < -0.4 is 4.74 Å². The van der Waals surface area contributed by atoms with E-state index in [0.29, 0.717) is 0 Å². The van der Waals surface area contributed by atoms with Crippen molar-refractivity contribution in [2.75, 3.05) is 7.11 Å². The van der Waals surface area contributed by atoms with Crippen LogP contribution in [0.15, 0.2) is 42.6 Å². The number of aromatic nitrogens is 1. The topological polar surface area (TPSA) is 42.4 Å². The van der Waals surface area contributed by atoms with Crippen LogP contribution in [0.25, 0.3) is 11.3 Å². The van der Waals surface area contributed by atoms with Crippen LogP contribution in [0.3, 0.4) is 0 Å². The van der Waals surface area contributed by atoms with Gasteiger partial charge in [0.05, 0.1) is 19.4 Å². The molecule has 3 nitrogen and oxygen atoms in total. The van der Waals surface area contributed by atoms with Crippen molar-refractivity contribution in [1.82, 2.24) is 4.98 Å². The van der Waals surface area contributed by atoms with E-state index in [1.165, 1.54) is 0 Å². The van der Waals surface area contributed by atoms with Crippen LogP contribution in [0.5, 0.6) is 5.75 Å². The monoisotopic (exact) mass is 215 g/mol. The fourth-order valence-corrected chi connectivity index (χ4v) is 1.48. The van der Waals surface area contributed by atoms with Crippen molar-refractivity contribution < 1.29 is 9.84 Å². The van der Waals surface area contributed by atoms with Gasteiger partial charge >= 0.3 is 0 Å². The van der Waals surface area contributed by atoms with Gasteiger partial charge in [-0.05, 0) is 11.6 Å². The Hall–Kier alpha value is -1.87. The summed E-state index contributed by atoms with van der Waals surface area (Å²) in [5.74, 6) is 0.788. The molecule has 82 valence electrons. The lowest BCUT2D eigenvalue weighted by molar-refractivity contribution is 0.282. The highest BCUT2D eigenvalue weighted by atomic mass is 16.5. The summed E-state index contributed by atoms with van der Waals surface area (Å²) in [6.07, 6.45) is 1.72. The van der Waals surface area contributed by atoms with E-state index in [9.17, 15) is 0 Å². The number of methoxy groups -OCH3 is 1. The van der Waals surface area contributed by atoms with E-state index >= 15 is 0 Å². The number of ether oxygens (including phenoxy) is 1. The number of benzene rings is 1. The quantitative estimate of drug-likeness (QED) is 0.853. The minimum absolute atomic E-state index is 0.0613. The Morgan fingerprint density at radius 3 is 2.56 bits per heavy atom. The molecule has 3 heteroatoms. The van der Waals surface area contributed by atoms with Crippen LogP contribution >= 0.6 is 0 Å². The normalized spacial score (nSPS) is 10.1. The van der Waals surface area contributed by atoms with E-state index in [-0.39, 0.29) is 6.61 Å². The molecule has 0 amide bonds. The lowest BCUT2D eigenvalue weighted by atomic mass is 10.1. The number of aliphatic hydroxyl groups is 1. The molecule has 0 atom stereocenters. The SMILES string of the molecule is COc1ccnc(-c2ccc(CO)cc2)c1. The van der Waals surface area contributed by atoms with Crippen LogP contribution in [-0.4, -0.2) is 17.2 Å². The van der Waals surface area contributed by atoms with E-state index in [4.69, 9.17) is 9.84 Å². The predicted molar refractivity (Wildman–Crippen MR) is 62.1 cm³/mol. The van der Waals surface area contributed by atoms with Gasteiger partial charge < -0.3 is 9.84 Å². The Balaban J connectivity index is 2.34. The first-order chi connectivity index (χ1) is 7.83. The van der Waals surface area contributed by atoms with Crippen molar-refractivity contribution in [3.63, 3.8) is 0 Å². The predicted octanol–water partition coefficient (Wildman–Crippen LogP) is 2.25. The first kappa shape index (κ1) is 10.6. The number of pyridine rings is 1. The fourth-order valence-electron chi connectivity index (χ4n) is 1.48. The summed E-state index contributed by atoms with van der Waals surface area (Å²) < 4.78 is 5.14. The molecule has 1 heterocycles. The maximum atomic E-state index is 8.95. The van der Waals surface area contributed by atoms with Crippen LogP contribution in [-0.2, 0) is 6.61 Å². The van der Waals surface area contributed by atoms with Crippen molar-refractivity contribution in [2.45, 2.75) is 6.61 Å². The van der Waals surface area contributed by atoms with Crippen molar-refractivity contribution in [3.05, 3.63) is 48.2 Å². The first-order valence-corrected chi connectivity index (χ1v) is 5.03. The van der Waals surface area contributed by atoms with E-state index < -0.39 is 0 Å². The summed E-state index contributed by atoms with van der Waals surface area (Å²) in [5, 5.41) is 8.95. The number of aliphatic hydroxyl groups excluding tert-OH is 1. The molecule has 0 aliphatic carbocycles. The Morgan fingerprint density at radius 1 is 1.19 bits per heavy atom. The summed E-state index contributed by atoms with van der Waals surface area (Å²) in [5.41, 5.74) is 2.77. The molecule has 1 aromatic carbocycles. The van der Waals surface area contributed by atoms with Gasteiger partial charge in [0.15, 0.2) is 0 Å². The fraction of sp³-hybridized carbons (Fsp3) is 0.154. The summed E-state index contributed by atoms with van der Waals surface area (Å²) in [7, 11) is 1.63. The smallest absolute Gasteiger partial charge is 0.122 e. The Labute approximate surface area is 94.3 Å². The van der Waals surface area contributed by atoms with E-state index in [1.54, 1.807) is 13.3 Å². The lowest BCUT2D eigenvalue weighted by Crippen LogP contribution is -1.88. The molecule has 2 rings (SSSR count). The molecule has 0 unspecified atom stereocenters. The second kappa shape index (κ2) is 4.77. The molecule has 0 bridgehead atoms. The highest BCUT2D eigenvalue weighted by Gasteiger charge is 2.00. The second-order valence-corrected chi connectivity index (χ2v) is 3.44.